The number of aromatic nitrogens is 1. The largest absolute Gasteiger partial charge is 0.256 e. The molecule has 1 nitrogen and oxygen atoms in total. The zero-order valence-electron chi connectivity index (χ0n) is 17.8. The smallest absolute Gasteiger partial charge is 0.0810 e. The van der Waals surface area contributed by atoms with E-state index in [4.69, 9.17) is 7.85 Å². The number of benzene rings is 2. The van der Waals surface area contributed by atoms with Gasteiger partial charge in [0.05, 0.1) is 13.5 Å². The summed E-state index contributed by atoms with van der Waals surface area (Å²) in [7, 11) is 7.10. The van der Waals surface area contributed by atoms with Gasteiger partial charge in [0, 0.05) is 17.3 Å². The van der Waals surface area contributed by atoms with Gasteiger partial charge in [-0.1, -0.05) is 105 Å². The number of hydrogen-bond acceptors (Lipinski definition) is 1. The molecule has 2 bridgehead atoms. The second-order valence-electron chi connectivity index (χ2n) is 9.53. The molecular formula is C28H30BN. The first-order valence-corrected chi connectivity index (χ1v) is 11.6. The van der Waals surface area contributed by atoms with E-state index in [1.807, 2.05) is 12.3 Å². The van der Waals surface area contributed by atoms with E-state index in [2.05, 4.69) is 65.6 Å². The molecule has 6 rings (SSSR count). The van der Waals surface area contributed by atoms with Crippen molar-refractivity contribution in [3.05, 3.63) is 78.5 Å². The number of pyridine rings is 1. The highest BCUT2D eigenvalue weighted by atomic mass is 14.7. The van der Waals surface area contributed by atoms with Crippen LogP contribution >= 0.6 is 0 Å². The zero-order chi connectivity index (χ0) is 20.4. The highest BCUT2D eigenvalue weighted by Crippen LogP contribution is 2.45. The molecule has 3 aliphatic rings. The summed E-state index contributed by atoms with van der Waals surface area (Å²) < 4.78 is 0. The Morgan fingerprint density at radius 1 is 0.667 bits per heavy atom. The minimum absolute atomic E-state index is 0.163. The SMILES string of the molecule is [B]C1(c2ccc(-c3ccc(-c4ccccc4)nc3)cc2)CC2CCCC(CCC2)C1. The van der Waals surface area contributed by atoms with Crippen molar-refractivity contribution in [1.29, 1.82) is 0 Å². The van der Waals surface area contributed by atoms with E-state index >= 15 is 0 Å². The van der Waals surface area contributed by atoms with Gasteiger partial charge in [0.15, 0.2) is 0 Å². The van der Waals surface area contributed by atoms with Gasteiger partial charge in [-0.05, 0) is 41.6 Å². The fourth-order valence-electron chi connectivity index (χ4n) is 5.78. The molecule has 2 heteroatoms. The van der Waals surface area contributed by atoms with Gasteiger partial charge in [-0.15, -0.1) is 0 Å². The van der Waals surface area contributed by atoms with E-state index in [0.29, 0.717) is 0 Å². The molecule has 0 atom stereocenters. The lowest BCUT2D eigenvalue weighted by atomic mass is 9.53. The second kappa shape index (κ2) is 8.42. The Morgan fingerprint density at radius 3 is 1.83 bits per heavy atom. The molecule has 0 amide bonds. The Kier molecular flexibility index (Phi) is 5.50. The van der Waals surface area contributed by atoms with E-state index in [0.717, 1.165) is 41.5 Å². The topological polar surface area (TPSA) is 12.9 Å². The molecule has 0 saturated heterocycles. The molecule has 150 valence electrons. The molecule has 3 aromatic rings. The number of hydrogen-bond donors (Lipinski definition) is 0. The van der Waals surface area contributed by atoms with Crippen molar-refractivity contribution in [2.24, 2.45) is 11.8 Å². The van der Waals surface area contributed by atoms with Crippen LogP contribution in [0.3, 0.4) is 0 Å². The number of rotatable bonds is 3. The van der Waals surface area contributed by atoms with Crippen molar-refractivity contribution < 1.29 is 0 Å². The zero-order valence-corrected chi connectivity index (χ0v) is 17.8. The van der Waals surface area contributed by atoms with Crippen LogP contribution in [-0.4, -0.2) is 12.8 Å². The van der Waals surface area contributed by atoms with E-state index < -0.39 is 0 Å². The van der Waals surface area contributed by atoms with Gasteiger partial charge in [0.1, 0.15) is 0 Å². The highest BCUT2D eigenvalue weighted by molar-refractivity contribution is 6.16. The summed E-state index contributed by atoms with van der Waals surface area (Å²) in [4.78, 5) is 4.69. The summed E-state index contributed by atoms with van der Waals surface area (Å²) in [6, 6.07) is 23.6. The lowest BCUT2D eigenvalue weighted by Gasteiger charge is -2.42. The quantitative estimate of drug-likeness (QED) is 0.432. The minimum Gasteiger partial charge on any atom is -0.256 e. The standard InChI is InChI=1S/C28H30BN/c29-28(18-21-6-4-7-22(19-28)9-5-8-21)26-15-12-23(13-16-26)25-14-17-27(30-20-25)24-10-2-1-3-11-24/h1-3,10-17,20-22H,4-9,18-19H2. The molecule has 3 fully saturated rings. The van der Waals surface area contributed by atoms with Crippen LogP contribution in [0.25, 0.3) is 22.4 Å². The van der Waals surface area contributed by atoms with Gasteiger partial charge in [0.2, 0.25) is 0 Å². The Morgan fingerprint density at radius 2 is 1.27 bits per heavy atom. The first kappa shape index (κ1) is 19.6. The lowest BCUT2D eigenvalue weighted by molar-refractivity contribution is 0.207. The van der Waals surface area contributed by atoms with Crippen molar-refractivity contribution in [2.45, 2.75) is 56.7 Å². The molecule has 3 aliphatic carbocycles. The Bertz CT molecular complexity index is 938. The van der Waals surface area contributed by atoms with Gasteiger partial charge >= 0.3 is 0 Å². The average Bonchev–Trinajstić information content (AvgIpc) is 2.76. The van der Waals surface area contributed by atoms with E-state index in [9.17, 15) is 0 Å². The van der Waals surface area contributed by atoms with Crippen molar-refractivity contribution in [1.82, 2.24) is 4.98 Å². The monoisotopic (exact) mass is 391 g/mol. The summed E-state index contributed by atoms with van der Waals surface area (Å²) in [6.45, 7) is 0. The van der Waals surface area contributed by atoms with Crippen LogP contribution in [0.4, 0.5) is 0 Å². The molecule has 0 N–H and O–H groups in total. The molecule has 2 radical (unpaired) electrons. The summed E-state index contributed by atoms with van der Waals surface area (Å²) in [5.74, 6) is 1.59. The predicted molar refractivity (Wildman–Crippen MR) is 126 cm³/mol. The van der Waals surface area contributed by atoms with Gasteiger partial charge in [-0.25, -0.2) is 0 Å². The van der Waals surface area contributed by atoms with Crippen LogP contribution in [0.1, 0.15) is 56.9 Å². The van der Waals surface area contributed by atoms with Crippen LogP contribution < -0.4 is 0 Å². The normalized spacial score (nSPS) is 26.5. The third-order valence-corrected chi connectivity index (χ3v) is 7.38. The van der Waals surface area contributed by atoms with Crippen LogP contribution in [0.15, 0.2) is 72.9 Å². The van der Waals surface area contributed by atoms with Gasteiger partial charge in [-0.2, -0.15) is 0 Å². The van der Waals surface area contributed by atoms with Crippen LogP contribution in [0, 0.1) is 11.8 Å². The Balaban J connectivity index is 1.37. The summed E-state index contributed by atoms with van der Waals surface area (Å²) in [6.07, 6.45) is 12.6. The molecule has 1 aromatic heterocycles. The van der Waals surface area contributed by atoms with Crippen LogP contribution in [0.2, 0.25) is 0 Å². The second-order valence-corrected chi connectivity index (χ2v) is 9.53. The van der Waals surface area contributed by atoms with E-state index in [1.54, 1.807) is 0 Å². The highest BCUT2D eigenvalue weighted by Gasteiger charge is 2.35. The Labute approximate surface area is 182 Å². The van der Waals surface area contributed by atoms with Gasteiger partial charge in [-0.3, -0.25) is 4.98 Å². The molecule has 0 spiro atoms. The van der Waals surface area contributed by atoms with Crippen molar-refractivity contribution in [2.75, 3.05) is 0 Å². The fraction of sp³-hybridized carbons (Fsp3) is 0.393. The number of nitrogens with zero attached hydrogens (tertiary/aromatic N) is 1. The maximum absolute atomic E-state index is 7.10. The predicted octanol–water partition coefficient (Wildman–Crippen LogP) is 7.16. The first-order valence-electron chi connectivity index (χ1n) is 11.6. The molecular weight excluding hydrogens is 361 g/mol. The Hall–Kier alpha value is -2.35. The minimum atomic E-state index is -0.163. The van der Waals surface area contributed by atoms with E-state index in [1.165, 1.54) is 49.7 Å². The third kappa shape index (κ3) is 4.10. The third-order valence-electron chi connectivity index (χ3n) is 7.38. The van der Waals surface area contributed by atoms with Crippen molar-refractivity contribution >= 4 is 7.85 Å². The van der Waals surface area contributed by atoms with Crippen molar-refractivity contribution in [3.8, 4) is 22.4 Å². The van der Waals surface area contributed by atoms with E-state index in [-0.39, 0.29) is 5.31 Å². The lowest BCUT2D eigenvalue weighted by Crippen LogP contribution is -2.35. The summed E-state index contributed by atoms with van der Waals surface area (Å²) in [5, 5.41) is -0.163. The van der Waals surface area contributed by atoms with Crippen molar-refractivity contribution in [3.63, 3.8) is 0 Å². The van der Waals surface area contributed by atoms with Gasteiger partial charge in [0.25, 0.3) is 0 Å². The molecule has 30 heavy (non-hydrogen) atoms. The van der Waals surface area contributed by atoms with Crippen LogP contribution in [-0.2, 0) is 5.31 Å². The van der Waals surface area contributed by atoms with Gasteiger partial charge < -0.3 is 0 Å². The number of fused-ring (bicyclic) bond motifs is 6. The first-order chi connectivity index (χ1) is 14.7. The summed E-state index contributed by atoms with van der Waals surface area (Å²) in [5.41, 5.74) is 5.85. The molecule has 3 saturated carbocycles. The maximum atomic E-state index is 7.10. The molecule has 2 aromatic carbocycles. The fourth-order valence-corrected chi connectivity index (χ4v) is 5.78. The molecule has 0 aliphatic heterocycles. The van der Waals surface area contributed by atoms with Crippen LogP contribution in [0.5, 0.6) is 0 Å². The molecule has 0 unspecified atom stereocenters. The maximum Gasteiger partial charge on any atom is 0.0810 e. The molecule has 1 heterocycles. The summed E-state index contributed by atoms with van der Waals surface area (Å²) >= 11 is 0. The average molecular weight is 391 g/mol.